The molecule has 0 spiro atoms. The molecule has 0 amide bonds. The molecule has 1 atom stereocenters. The zero-order chi connectivity index (χ0) is 14.8. The van der Waals surface area contributed by atoms with E-state index in [1.54, 1.807) is 0 Å². The third-order valence-corrected chi connectivity index (χ3v) is 4.21. The highest BCUT2D eigenvalue weighted by Crippen LogP contribution is 2.37. The summed E-state index contributed by atoms with van der Waals surface area (Å²) in [5.41, 5.74) is 1.99. The van der Waals surface area contributed by atoms with Gasteiger partial charge in [0, 0.05) is 22.7 Å². The van der Waals surface area contributed by atoms with Crippen LogP contribution in [0.25, 0.3) is 10.9 Å². The Labute approximate surface area is 125 Å². The third kappa shape index (κ3) is 2.92. The first-order valence-corrected chi connectivity index (χ1v) is 7.82. The van der Waals surface area contributed by atoms with Gasteiger partial charge in [0.2, 0.25) is 0 Å². The van der Waals surface area contributed by atoms with Crippen molar-refractivity contribution >= 4 is 10.9 Å². The number of rotatable bonds is 4. The maximum absolute atomic E-state index is 10.8. The number of aliphatic hydroxyl groups excluding tert-OH is 1. The van der Waals surface area contributed by atoms with E-state index in [-0.39, 0.29) is 6.10 Å². The Balaban J connectivity index is 1.97. The molecule has 0 aliphatic carbocycles. The van der Waals surface area contributed by atoms with Crippen molar-refractivity contribution in [3.05, 3.63) is 30.0 Å². The molecule has 4 heteroatoms. The summed E-state index contributed by atoms with van der Waals surface area (Å²) in [5, 5.41) is 15.2. The Morgan fingerprint density at radius 3 is 2.71 bits per heavy atom. The van der Waals surface area contributed by atoms with Gasteiger partial charge >= 0.3 is 0 Å². The van der Waals surface area contributed by atoms with Crippen LogP contribution in [0.4, 0.5) is 0 Å². The molecule has 3 N–H and O–H groups in total. The lowest BCUT2D eigenvalue weighted by molar-refractivity contribution is 0.0900. The van der Waals surface area contributed by atoms with E-state index in [2.05, 4.69) is 10.3 Å². The molecule has 0 bridgehead atoms. The predicted octanol–water partition coefficient (Wildman–Crippen LogP) is 2.99. The number of aromatic nitrogens is 1. The molecule has 1 aliphatic rings. The summed E-state index contributed by atoms with van der Waals surface area (Å²) in [5.74, 6) is 1.17. The van der Waals surface area contributed by atoms with Gasteiger partial charge in [-0.1, -0.05) is 6.07 Å². The fraction of sp³-hybridized carbons (Fsp3) is 0.529. The highest BCUT2D eigenvalue weighted by atomic mass is 16.5. The summed E-state index contributed by atoms with van der Waals surface area (Å²) in [6.07, 6.45) is 3.65. The molecule has 114 valence electrons. The number of piperidine rings is 1. The van der Waals surface area contributed by atoms with Gasteiger partial charge in [0.15, 0.2) is 0 Å². The lowest BCUT2D eigenvalue weighted by Gasteiger charge is -2.27. The van der Waals surface area contributed by atoms with Crippen LogP contribution in [0.3, 0.4) is 0 Å². The SMILES string of the molecule is CC(C)Oc1cccc2[nH]cc(C(O)C3CCNCC3)c12. The van der Waals surface area contributed by atoms with Crippen molar-refractivity contribution < 1.29 is 9.84 Å². The summed E-state index contributed by atoms with van der Waals surface area (Å²) in [6.45, 7) is 6.02. The molecule has 1 unspecified atom stereocenters. The molecule has 2 aromatic rings. The lowest BCUT2D eigenvalue weighted by Crippen LogP contribution is -2.30. The number of aliphatic hydroxyl groups is 1. The number of benzene rings is 1. The van der Waals surface area contributed by atoms with E-state index in [0.29, 0.717) is 5.92 Å². The largest absolute Gasteiger partial charge is 0.490 e. The summed E-state index contributed by atoms with van der Waals surface area (Å²) < 4.78 is 5.92. The van der Waals surface area contributed by atoms with Gasteiger partial charge in [-0.3, -0.25) is 0 Å². The van der Waals surface area contributed by atoms with Crippen LogP contribution in [0, 0.1) is 5.92 Å². The predicted molar refractivity (Wildman–Crippen MR) is 84.6 cm³/mol. The summed E-state index contributed by atoms with van der Waals surface area (Å²) in [7, 11) is 0. The van der Waals surface area contributed by atoms with Gasteiger partial charge in [-0.15, -0.1) is 0 Å². The highest BCUT2D eigenvalue weighted by Gasteiger charge is 2.26. The first-order valence-electron chi connectivity index (χ1n) is 7.82. The van der Waals surface area contributed by atoms with Crippen LogP contribution in [0.2, 0.25) is 0 Å². The molecule has 1 fully saturated rings. The minimum Gasteiger partial charge on any atom is -0.490 e. The average molecular weight is 288 g/mol. The molecule has 1 saturated heterocycles. The van der Waals surface area contributed by atoms with Crippen LogP contribution < -0.4 is 10.1 Å². The first kappa shape index (κ1) is 14.4. The number of ether oxygens (including phenoxy) is 1. The number of hydrogen-bond acceptors (Lipinski definition) is 3. The van der Waals surface area contributed by atoms with Crippen LogP contribution >= 0.6 is 0 Å². The van der Waals surface area contributed by atoms with E-state index < -0.39 is 6.10 Å². The summed E-state index contributed by atoms with van der Waals surface area (Å²) in [6, 6.07) is 5.99. The van der Waals surface area contributed by atoms with E-state index in [1.807, 2.05) is 38.2 Å². The van der Waals surface area contributed by atoms with Gasteiger partial charge in [-0.25, -0.2) is 0 Å². The second kappa shape index (κ2) is 6.08. The van der Waals surface area contributed by atoms with Crippen LogP contribution in [0.1, 0.15) is 38.4 Å². The van der Waals surface area contributed by atoms with Crippen molar-refractivity contribution in [2.45, 2.75) is 38.9 Å². The number of nitrogens with one attached hydrogen (secondary N) is 2. The van der Waals surface area contributed by atoms with E-state index >= 15 is 0 Å². The highest BCUT2D eigenvalue weighted by molar-refractivity contribution is 5.89. The van der Waals surface area contributed by atoms with Gasteiger partial charge in [0.05, 0.1) is 12.2 Å². The van der Waals surface area contributed by atoms with Crippen molar-refractivity contribution in [2.24, 2.45) is 5.92 Å². The number of hydrogen-bond donors (Lipinski definition) is 3. The fourth-order valence-corrected chi connectivity index (χ4v) is 3.18. The van der Waals surface area contributed by atoms with Crippen LogP contribution in [-0.4, -0.2) is 29.3 Å². The summed E-state index contributed by atoms with van der Waals surface area (Å²) in [4.78, 5) is 3.27. The Hall–Kier alpha value is -1.52. The molecule has 2 heterocycles. The molecule has 4 nitrogen and oxygen atoms in total. The minimum atomic E-state index is -0.433. The molecule has 0 radical (unpaired) electrons. The number of fused-ring (bicyclic) bond motifs is 1. The Morgan fingerprint density at radius 2 is 2.00 bits per heavy atom. The minimum absolute atomic E-state index is 0.120. The molecule has 1 aliphatic heterocycles. The normalized spacial score (nSPS) is 18.3. The van der Waals surface area contributed by atoms with Crippen LogP contribution in [0.15, 0.2) is 24.4 Å². The van der Waals surface area contributed by atoms with Crippen molar-refractivity contribution in [3.63, 3.8) is 0 Å². The second-order valence-corrected chi connectivity index (χ2v) is 6.12. The second-order valence-electron chi connectivity index (χ2n) is 6.12. The van der Waals surface area contributed by atoms with E-state index in [9.17, 15) is 5.11 Å². The topological polar surface area (TPSA) is 57.3 Å². The Bertz CT molecular complexity index is 600. The van der Waals surface area contributed by atoms with Gasteiger partial charge in [0.1, 0.15) is 5.75 Å². The standard InChI is InChI=1S/C17H24N2O2/c1-11(2)21-15-5-3-4-14-16(15)13(10-19-14)17(20)12-6-8-18-9-7-12/h3-5,10-12,17-20H,6-9H2,1-2H3. The molecule has 1 aromatic carbocycles. The lowest BCUT2D eigenvalue weighted by atomic mass is 9.88. The zero-order valence-corrected chi connectivity index (χ0v) is 12.7. The van der Waals surface area contributed by atoms with Gasteiger partial charge in [-0.05, 0) is 57.8 Å². The molecule has 1 aromatic heterocycles. The van der Waals surface area contributed by atoms with Crippen LogP contribution in [-0.2, 0) is 0 Å². The molecule has 3 rings (SSSR count). The first-order chi connectivity index (χ1) is 10.2. The van der Waals surface area contributed by atoms with Gasteiger partial charge in [-0.2, -0.15) is 0 Å². The zero-order valence-electron chi connectivity index (χ0n) is 12.7. The van der Waals surface area contributed by atoms with Crippen molar-refractivity contribution in [1.29, 1.82) is 0 Å². The molecular formula is C17H24N2O2. The maximum Gasteiger partial charge on any atom is 0.129 e. The quantitative estimate of drug-likeness (QED) is 0.810. The maximum atomic E-state index is 10.8. The molecular weight excluding hydrogens is 264 g/mol. The summed E-state index contributed by atoms with van der Waals surface area (Å²) >= 11 is 0. The Kier molecular flexibility index (Phi) is 4.17. The van der Waals surface area contributed by atoms with Crippen molar-refractivity contribution in [1.82, 2.24) is 10.3 Å². The molecule has 21 heavy (non-hydrogen) atoms. The number of H-pyrrole nitrogens is 1. The van der Waals surface area contributed by atoms with Gasteiger partial charge in [0.25, 0.3) is 0 Å². The average Bonchev–Trinajstić information content (AvgIpc) is 2.92. The smallest absolute Gasteiger partial charge is 0.129 e. The van der Waals surface area contributed by atoms with Gasteiger partial charge < -0.3 is 20.1 Å². The molecule has 0 saturated carbocycles. The monoisotopic (exact) mass is 288 g/mol. The van der Waals surface area contributed by atoms with Crippen LogP contribution in [0.5, 0.6) is 5.75 Å². The van der Waals surface area contributed by atoms with E-state index in [4.69, 9.17) is 4.74 Å². The van der Waals surface area contributed by atoms with Crippen molar-refractivity contribution in [2.75, 3.05) is 13.1 Å². The Morgan fingerprint density at radius 1 is 1.24 bits per heavy atom. The van der Waals surface area contributed by atoms with Crippen molar-refractivity contribution in [3.8, 4) is 5.75 Å². The van der Waals surface area contributed by atoms with E-state index in [0.717, 1.165) is 48.1 Å². The third-order valence-electron chi connectivity index (χ3n) is 4.21. The fourth-order valence-electron chi connectivity index (χ4n) is 3.18. The number of aromatic amines is 1. The van der Waals surface area contributed by atoms with E-state index in [1.165, 1.54) is 0 Å².